The van der Waals surface area contributed by atoms with Crippen LogP contribution in [0.25, 0.3) is 0 Å². The molecule has 1 nitrogen and oxygen atoms in total. The molecule has 0 bridgehead atoms. The molecule has 0 radical (unpaired) electrons. The molecule has 0 heterocycles. The summed E-state index contributed by atoms with van der Waals surface area (Å²) in [5.41, 5.74) is 0.261. The van der Waals surface area contributed by atoms with Crippen molar-refractivity contribution in [3.8, 4) is 0 Å². The fourth-order valence-corrected chi connectivity index (χ4v) is 4.27. The normalized spacial score (nSPS) is 27.8. The molecular weight excluding hydrogens is 220 g/mol. The molecular formula is C17H32O. The molecule has 0 amide bonds. The number of rotatable bonds is 2. The first-order valence-corrected chi connectivity index (χ1v) is 8.42. The minimum Gasteiger partial charge on any atom is -0.378 e. The Kier molecular flexibility index (Phi) is 6.01. The molecule has 106 valence electrons. The molecule has 0 aromatic heterocycles. The highest BCUT2D eigenvalue weighted by molar-refractivity contribution is 4.91. The van der Waals surface area contributed by atoms with Gasteiger partial charge in [-0.2, -0.15) is 0 Å². The molecule has 2 aliphatic carbocycles. The molecule has 18 heavy (non-hydrogen) atoms. The minimum atomic E-state index is 0.261. The third-order valence-corrected chi connectivity index (χ3v) is 5.46. The maximum atomic E-state index is 6.09. The van der Waals surface area contributed by atoms with Crippen molar-refractivity contribution in [3.05, 3.63) is 0 Å². The number of hydrogen-bond acceptors (Lipinski definition) is 1. The second-order valence-corrected chi connectivity index (χ2v) is 6.58. The number of ether oxygens (including phenoxy) is 1. The number of hydrogen-bond donors (Lipinski definition) is 0. The molecule has 0 N–H and O–H groups in total. The van der Waals surface area contributed by atoms with Crippen molar-refractivity contribution in [2.75, 3.05) is 7.11 Å². The van der Waals surface area contributed by atoms with Gasteiger partial charge < -0.3 is 4.74 Å². The summed E-state index contributed by atoms with van der Waals surface area (Å²) in [6.45, 7) is 0. The van der Waals surface area contributed by atoms with Crippen LogP contribution in [-0.2, 0) is 4.74 Å². The van der Waals surface area contributed by atoms with Gasteiger partial charge in [0.25, 0.3) is 0 Å². The third kappa shape index (κ3) is 3.73. The molecule has 2 rings (SSSR count). The monoisotopic (exact) mass is 252 g/mol. The zero-order valence-corrected chi connectivity index (χ0v) is 12.4. The van der Waals surface area contributed by atoms with Crippen molar-refractivity contribution >= 4 is 0 Å². The van der Waals surface area contributed by atoms with Crippen LogP contribution in [0.4, 0.5) is 0 Å². The van der Waals surface area contributed by atoms with Gasteiger partial charge in [0.1, 0.15) is 0 Å². The van der Waals surface area contributed by atoms with E-state index in [1.54, 1.807) is 0 Å². The molecule has 0 atom stereocenters. The Bertz CT molecular complexity index is 208. The topological polar surface area (TPSA) is 9.23 Å². The highest BCUT2D eigenvalue weighted by Gasteiger charge is 2.39. The summed E-state index contributed by atoms with van der Waals surface area (Å²) in [5, 5.41) is 0. The van der Waals surface area contributed by atoms with E-state index in [9.17, 15) is 0 Å². The smallest absolute Gasteiger partial charge is 0.0706 e. The first kappa shape index (κ1) is 14.4. The van der Waals surface area contributed by atoms with Crippen molar-refractivity contribution in [3.63, 3.8) is 0 Å². The molecule has 2 aliphatic rings. The van der Waals surface area contributed by atoms with E-state index in [0.717, 1.165) is 5.92 Å². The Labute approximate surface area is 114 Å². The summed E-state index contributed by atoms with van der Waals surface area (Å²) in [6, 6.07) is 0. The Morgan fingerprint density at radius 2 is 1.11 bits per heavy atom. The molecule has 0 saturated heterocycles. The first-order valence-electron chi connectivity index (χ1n) is 8.42. The van der Waals surface area contributed by atoms with Gasteiger partial charge in [-0.1, -0.05) is 64.2 Å². The Morgan fingerprint density at radius 1 is 0.667 bits per heavy atom. The second-order valence-electron chi connectivity index (χ2n) is 6.58. The fourth-order valence-electron chi connectivity index (χ4n) is 4.27. The summed E-state index contributed by atoms with van der Waals surface area (Å²) in [5.74, 6) is 0.848. The van der Waals surface area contributed by atoms with Gasteiger partial charge in [0.2, 0.25) is 0 Å². The minimum absolute atomic E-state index is 0.261. The molecule has 2 saturated carbocycles. The molecule has 1 heteroatoms. The van der Waals surface area contributed by atoms with E-state index < -0.39 is 0 Å². The van der Waals surface area contributed by atoms with Crippen LogP contribution in [0.15, 0.2) is 0 Å². The van der Waals surface area contributed by atoms with Crippen LogP contribution in [0, 0.1) is 5.92 Å². The van der Waals surface area contributed by atoms with Gasteiger partial charge in [0, 0.05) is 7.11 Å². The zero-order chi connectivity index (χ0) is 12.7. The fraction of sp³-hybridized carbons (Fsp3) is 1.00. The Balaban J connectivity index is 1.96. The van der Waals surface area contributed by atoms with E-state index in [0.29, 0.717) is 0 Å². The van der Waals surface area contributed by atoms with Gasteiger partial charge in [0.15, 0.2) is 0 Å². The quantitative estimate of drug-likeness (QED) is 0.632. The van der Waals surface area contributed by atoms with E-state index in [2.05, 4.69) is 0 Å². The van der Waals surface area contributed by atoms with Gasteiger partial charge in [-0.05, 0) is 31.6 Å². The van der Waals surface area contributed by atoms with E-state index >= 15 is 0 Å². The van der Waals surface area contributed by atoms with E-state index in [4.69, 9.17) is 4.74 Å². The predicted molar refractivity (Wildman–Crippen MR) is 77.9 cm³/mol. The lowest BCUT2D eigenvalue weighted by atomic mass is 9.71. The average Bonchev–Trinajstić information content (AvgIpc) is 2.45. The molecule has 0 aliphatic heterocycles. The lowest BCUT2D eigenvalue weighted by Gasteiger charge is -2.43. The SMILES string of the molecule is COC1(C2CCCCCCCCC2)CCCCC1. The molecule has 0 aromatic rings. The van der Waals surface area contributed by atoms with Crippen LogP contribution < -0.4 is 0 Å². The highest BCUT2D eigenvalue weighted by atomic mass is 16.5. The first-order chi connectivity index (χ1) is 8.87. The van der Waals surface area contributed by atoms with E-state index in [-0.39, 0.29) is 5.60 Å². The van der Waals surface area contributed by atoms with Crippen LogP contribution in [0.5, 0.6) is 0 Å². The second kappa shape index (κ2) is 7.53. The molecule has 0 spiro atoms. The molecule has 0 aromatic carbocycles. The lowest BCUT2D eigenvalue weighted by Crippen LogP contribution is -2.42. The summed E-state index contributed by atoms with van der Waals surface area (Å²) in [7, 11) is 1.98. The standard InChI is InChI=1S/C17H32O/c1-18-17(14-10-7-11-15-17)16-12-8-5-3-2-4-6-9-13-16/h16H,2-15H2,1H3. The van der Waals surface area contributed by atoms with Gasteiger partial charge in [-0.3, -0.25) is 0 Å². The maximum absolute atomic E-state index is 6.09. The molecule has 2 fully saturated rings. The van der Waals surface area contributed by atoms with Gasteiger partial charge in [0.05, 0.1) is 5.60 Å². The van der Waals surface area contributed by atoms with Crippen LogP contribution in [0.1, 0.15) is 89.9 Å². The van der Waals surface area contributed by atoms with Gasteiger partial charge in [-0.15, -0.1) is 0 Å². The third-order valence-electron chi connectivity index (χ3n) is 5.46. The van der Waals surface area contributed by atoms with Gasteiger partial charge in [-0.25, -0.2) is 0 Å². The maximum Gasteiger partial charge on any atom is 0.0706 e. The van der Waals surface area contributed by atoms with Crippen molar-refractivity contribution in [1.82, 2.24) is 0 Å². The van der Waals surface area contributed by atoms with Crippen molar-refractivity contribution < 1.29 is 4.74 Å². The van der Waals surface area contributed by atoms with E-state index in [1.807, 2.05) is 7.11 Å². The Morgan fingerprint density at radius 3 is 1.61 bits per heavy atom. The van der Waals surface area contributed by atoms with Crippen LogP contribution in [0.2, 0.25) is 0 Å². The lowest BCUT2D eigenvalue weighted by molar-refractivity contribution is -0.0902. The van der Waals surface area contributed by atoms with Crippen molar-refractivity contribution in [2.45, 2.75) is 95.5 Å². The van der Waals surface area contributed by atoms with Crippen molar-refractivity contribution in [2.24, 2.45) is 5.92 Å². The number of methoxy groups -OCH3 is 1. The Hall–Kier alpha value is -0.0400. The van der Waals surface area contributed by atoms with Gasteiger partial charge >= 0.3 is 0 Å². The molecule has 0 unspecified atom stereocenters. The summed E-state index contributed by atoms with van der Waals surface area (Å²) < 4.78 is 6.09. The van der Waals surface area contributed by atoms with Crippen LogP contribution >= 0.6 is 0 Å². The average molecular weight is 252 g/mol. The summed E-state index contributed by atoms with van der Waals surface area (Å²) in [6.07, 6.45) is 19.9. The largest absolute Gasteiger partial charge is 0.378 e. The highest BCUT2D eigenvalue weighted by Crippen LogP contribution is 2.42. The van der Waals surface area contributed by atoms with Crippen molar-refractivity contribution in [1.29, 1.82) is 0 Å². The van der Waals surface area contributed by atoms with E-state index in [1.165, 1.54) is 89.9 Å². The predicted octanol–water partition coefficient (Wildman–Crippen LogP) is 5.48. The summed E-state index contributed by atoms with van der Waals surface area (Å²) >= 11 is 0. The van der Waals surface area contributed by atoms with Crippen LogP contribution in [-0.4, -0.2) is 12.7 Å². The van der Waals surface area contributed by atoms with Crippen LogP contribution in [0.3, 0.4) is 0 Å². The zero-order valence-electron chi connectivity index (χ0n) is 12.4. The summed E-state index contributed by atoms with van der Waals surface area (Å²) in [4.78, 5) is 0.